The Morgan fingerprint density at radius 3 is 2.64 bits per heavy atom. The van der Waals surface area contributed by atoms with Gasteiger partial charge >= 0.3 is 12.0 Å². The van der Waals surface area contributed by atoms with Gasteiger partial charge in [0.2, 0.25) is 5.91 Å². The molecule has 0 bridgehead atoms. The first-order valence-electron chi connectivity index (χ1n) is 8.95. The molecular weight excluding hydrogens is 366 g/mol. The highest BCUT2D eigenvalue weighted by atomic mass is 16.5. The first kappa shape index (κ1) is 21.0. The predicted molar refractivity (Wildman–Crippen MR) is 102 cm³/mol. The summed E-state index contributed by atoms with van der Waals surface area (Å²) in [7, 11) is 0. The molecule has 0 aromatic heterocycles. The normalized spacial score (nSPS) is 17.0. The molecule has 1 aliphatic heterocycles. The van der Waals surface area contributed by atoms with Gasteiger partial charge in [-0.2, -0.15) is 0 Å². The third kappa shape index (κ3) is 5.60. The SMILES string of the molecule is CC(C)OC(=O)CCNC(=O)N[C@H]1CCN(c2ccc(C(N)=NO)cc2)C1=O. The third-order valence-corrected chi connectivity index (χ3v) is 4.08. The van der Waals surface area contributed by atoms with Crippen LogP contribution in [0.2, 0.25) is 0 Å². The molecule has 5 N–H and O–H groups in total. The Kier molecular flexibility index (Phi) is 7.19. The van der Waals surface area contributed by atoms with E-state index in [2.05, 4.69) is 15.8 Å². The van der Waals surface area contributed by atoms with Gasteiger partial charge in [0.1, 0.15) is 6.04 Å². The minimum Gasteiger partial charge on any atom is -0.463 e. The van der Waals surface area contributed by atoms with Gasteiger partial charge in [-0.05, 0) is 44.5 Å². The summed E-state index contributed by atoms with van der Waals surface area (Å²) in [6.45, 7) is 4.07. The summed E-state index contributed by atoms with van der Waals surface area (Å²) < 4.78 is 4.98. The van der Waals surface area contributed by atoms with E-state index in [4.69, 9.17) is 15.7 Å². The number of carbonyl (C=O) groups is 3. The van der Waals surface area contributed by atoms with E-state index in [9.17, 15) is 14.4 Å². The number of amidine groups is 1. The second-order valence-corrected chi connectivity index (χ2v) is 6.55. The van der Waals surface area contributed by atoms with E-state index < -0.39 is 18.0 Å². The molecule has 0 radical (unpaired) electrons. The minimum absolute atomic E-state index is 0.0206. The molecule has 0 unspecified atom stereocenters. The van der Waals surface area contributed by atoms with Crippen LogP contribution in [0.4, 0.5) is 10.5 Å². The molecule has 1 heterocycles. The lowest BCUT2D eigenvalue weighted by Crippen LogP contribution is -2.46. The summed E-state index contributed by atoms with van der Waals surface area (Å²) in [5.74, 6) is -0.646. The van der Waals surface area contributed by atoms with Crippen LogP contribution in [-0.4, -0.2) is 54.2 Å². The van der Waals surface area contributed by atoms with Gasteiger partial charge in [0.25, 0.3) is 0 Å². The van der Waals surface area contributed by atoms with Gasteiger partial charge in [0.05, 0.1) is 12.5 Å². The first-order chi connectivity index (χ1) is 13.3. The maximum Gasteiger partial charge on any atom is 0.315 e. The molecule has 1 aliphatic rings. The van der Waals surface area contributed by atoms with Crippen molar-refractivity contribution in [1.29, 1.82) is 0 Å². The molecule has 10 nitrogen and oxygen atoms in total. The Morgan fingerprint density at radius 2 is 2.04 bits per heavy atom. The van der Waals surface area contributed by atoms with Crippen molar-refractivity contribution in [2.45, 2.75) is 38.8 Å². The van der Waals surface area contributed by atoms with E-state index in [0.29, 0.717) is 24.2 Å². The second-order valence-electron chi connectivity index (χ2n) is 6.55. The summed E-state index contributed by atoms with van der Waals surface area (Å²) in [5.41, 5.74) is 6.70. The molecule has 1 atom stereocenters. The average Bonchev–Trinajstić information content (AvgIpc) is 3.01. The first-order valence-corrected chi connectivity index (χ1v) is 8.95. The zero-order valence-corrected chi connectivity index (χ0v) is 15.8. The number of amides is 3. The molecule has 0 spiro atoms. The maximum atomic E-state index is 12.5. The number of nitrogens with one attached hydrogen (secondary N) is 2. The Labute approximate surface area is 162 Å². The fraction of sp³-hybridized carbons (Fsp3) is 0.444. The van der Waals surface area contributed by atoms with E-state index in [-0.39, 0.29) is 30.8 Å². The zero-order valence-electron chi connectivity index (χ0n) is 15.8. The number of carbonyl (C=O) groups excluding carboxylic acids is 3. The van der Waals surface area contributed by atoms with Gasteiger partial charge in [-0.1, -0.05) is 5.16 Å². The van der Waals surface area contributed by atoms with Crippen LogP contribution in [0.25, 0.3) is 0 Å². The van der Waals surface area contributed by atoms with Crippen molar-refractivity contribution in [1.82, 2.24) is 10.6 Å². The van der Waals surface area contributed by atoms with Crippen molar-refractivity contribution in [3.8, 4) is 0 Å². The lowest BCUT2D eigenvalue weighted by atomic mass is 10.2. The molecule has 1 saturated heterocycles. The Bertz CT molecular complexity index is 747. The summed E-state index contributed by atoms with van der Waals surface area (Å²) >= 11 is 0. The quantitative estimate of drug-likeness (QED) is 0.175. The second kappa shape index (κ2) is 9.58. The third-order valence-electron chi connectivity index (χ3n) is 4.08. The fourth-order valence-corrected chi connectivity index (χ4v) is 2.75. The van der Waals surface area contributed by atoms with Crippen LogP contribution in [0.1, 0.15) is 32.3 Å². The van der Waals surface area contributed by atoms with Crippen LogP contribution in [0.3, 0.4) is 0 Å². The summed E-state index contributed by atoms with van der Waals surface area (Å²) in [6, 6.07) is 5.50. The molecule has 0 aliphatic carbocycles. The van der Waals surface area contributed by atoms with Gasteiger partial charge < -0.3 is 31.2 Å². The molecule has 1 aromatic carbocycles. The van der Waals surface area contributed by atoms with Crippen molar-refractivity contribution in [3.05, 3.63) is 29.8 Å². The van der Waals surface area contributed by atoms with E-state index in [1.54, 1.807) is 43.0 Å². The predicted octanol–water partition coefficient (Wildman–Crippen LogP) is 0.527. The number of nitrogens with two attached hydrogens (primary N) is 1. The van der Waals surface area contributed by atoms with Gasteiger partial charge in [-0.15, -0.1) is 0 Å². The highest BCUT2D eigenvalue weighted by Gasteiger charge is 2.33. The van der Waals surface area contributed by atoms with Gasteiger partial charge in [0, 0.05) is 24.3 Å². The summed E-state index contributed by atoms with van der Waals surface area (Å²) in [6.07, 6.45) is 0.317. The number of rotatable bonds is 7. The monoisotopic (exact) mass is 391 g/mol. The molecule has 0 saturated carbocycles. The minimum atomic E-state index is -0.647. The number of nitrogens with zero attached hydrogens (tertiary/aromatic N) is 2. The van der Waals surface area contributed by atoms with Crippen LogP contribution < -0.4 is 21.3 Å². The van der Waals surface area contributed by atoms with Crippen molar-refractivity contribution in [2.24, 2.45) is 10.9 Å². The van der Waals surface area contributed by atoms with Crippen LogP contribution in [-0.2, 0) is 14.3 Å². The molecule has 1 fully saturated rings. The number of oxime groups is 1. The molecular formula is C18H25N5O5. The number of urea groups is 1. The van der Waals surface area contributed by atoms with Crippen molar-refractivity contribution >= 4 is 29.4 Å². The standard InChI is InChI=1S/C18H25N5O5/c1-11(2)28-15(24)7-9-20-18(26)21-14-8-10-23(17(14)25)13-5-3-12(4-6-13)16(19)22-27/h3-6,11,14,27H,7-10H2,1-2H3,(H2,19,22)(H2,20,21,26)/t14-/m0/s1. The van der Waals surface area contributed by atoms with Gasteiger partial charge in [0.15, 0.2) is 5.84 Å². The van der Waals surface area contributed by atoms with Crippen LogP contribution in [0.15, 0.2) is 29.4 Å². The highest BCUT2D eigenvalue weighted by molar-refractivity contribution is 6.02. The molecule has 152 valence electrons. The Balaban J connectivity index is 1.83. The zero-order chi connectivity index (χ0) is 20.7. The smallest absolute Gasteiger partial charge is 0.315 e. The van der Waals surface area contributed by atoms with E-state index >= 15 is 0 Å². The van der Waals surface area contributed by atoms with Crippen molar-refractivity contribution < 1.29 is 24.3 Å². The number of benzene rings is 1. The Morgan fingerprint density at radius 1 is 1.36 bits per heavy atom. The van der Waals surface area contributed by atoms with Crippen molar-refractivity contribution in [3.63, 3.8) is 0 Å². The Hall–Kier alpha value is -3.30. The lowest BCUT2D eigenvalue weighted by molar-refractivity contribution is -0.147. The average molecular weight is 391 g/mol. The number of hydrogen-bond acceptors (Lipinski definition) is 6. The number of anilines is 1. The van der Waals surface area contributed by atoms with E-state index in [1.165, 1.54) is 0 Å². The number of esters is 1. The fourth-order valence-electron chi connectivity index (χ4n) is 2.75. The molecule has 3 amide bonds. The van der Waals surface area contributed by atoms with Crippen LogP contribution in [0, 0.1) is 0 Å². The molecule has 10 heteroatoms. The highest BCUT2D eigenvalue weighted by Crippen LogP contribution is 2.22. The van der Waals surface area contributed by atoms with Crippen LogP contribution >= 0.6 is 0 Å². The molecule has 1 aromatic rings. The van der Waals surface area contributed by atoms with E-state index in [1.807, 2.05) is 0 Å². The largest absolute Gasteiger partial charge is 0.463 e. The maximum absolute atomic E-state index is 12.5. The summed E-state index contributed by atoms with van der Waals surface area (Å²) in [5, 5.41) is 16.8. The summed E-state index contributed by atoms with van der Waals surface area (Å²) in [4.78, 5) is 37.5. The lowest BCUT2D eigenvalue weighted by Gasteiger charge is -2.18. The van der Waals surface area contributed by atoms with Gasteiger partial charge in [-0.25, -0.2) is 4.79 Å². The number of hydrogen-bond donors (Lipinski definition) is 4. The molecule has 28 heavy (non-hydrogen) atoms. The number of ether oxygens (including phenoxy) is 1. The topological polar surface area (TPSA) is 146 Å². The molecule has 2 rings (SSSR count). The van der Waals surface area contributed by atoms with Crippen molar-refractivity contribution in [2.75, 3.05) is 18.0 Å². The van der Waals surface area contributed by atoms with Gasteiger partial charge in [-0.3, -0.25) is 9.59 Å². The van der Waals surface area contributed by atoms with Crippen LogP contribution in [0.5, 0.6) is 0 Å². The van der Waals surface area contributed by atoms with E-state index in [0.717, 1.165) is 0 Å².